The average Bonchev–Trinajstić information content (AvgIpc) is 2.36. The lowest BCUT2D eigenvalue weighted by atomic mass is 10.1. The lowest BCUT2D eigenvalue weighted by molar-refractivity contribution is 0.0873. The fraction of sp³-hybridized carbons (Fsp3) is 0.500. The molecule has 0 radical (unpaired) electrons. The number of phenols is 2. The average molecular weight is 264 g/mol. The molecule has 0 aromatic heterocycles. The van der Waals surface area contributed by atoms with Gasteiger partial charge >= 0.3 is 0 Å². The molecule has 1 fully saturated rings. The Bertz CT molecular complexity index is 480. The number of Topliss-reactive ketones (excluding diaryl/α,β-unsaturated/α-hetero) is 1. The van der Waals surface area contributed by atoms with Crippen LogP contribution in [-0.4, -0.2) is 65.6 Å². The summed E-state index contributed by atoms with van der Waals surface area (Å²) in [7, 11) is 2.06. The standard InChI is InChI=1S/C14H20N2O3/c1-10-7-13(18)11(8-12(10)17)14(19)9-16-5-3-15(2)4-6-16/h7-8,17-18H,3-6,9H2,1-2H3. The van der Waals surface area contributed by atoms with Gasteiger partial charge in [0.05, 0.1) is 12.1 Å². The summed E-state index contributed by atoms with van der Waals surface area (Å²) in [6.45, 7) is 5.55. The molecule has 1 aliphatic heterocycles. The van der Waals surface area contributed by atoms with Crippen molar-refractivity contribution in [2.24, 2.45) is 0 Å². The van der Waals surface area contributed by atoms with Gasteiger partial charge in [0.15, 0.2) is 5.78 Å². The minimum absolute atomic E-state index is 0.0412. The molecule has 1 aromatic rings. The van der Waals surface area contributed by atoms with Crippen molar-refractivity contribution in [2.45, 2.75) is 6.92 Å². The molecule has 1 heterocycles. The molecule has 104 valence electrons. The maximum Gasteiger partial charge on any atom is 0.180 e. The number of likely N-dealkylation sites (N-methyl/N-ethyl adjacent to an activating group) is 1. The molecule has 2 rings (SSSR count). The number of carbonyl (C=O) groups is 1. The smallest absolute Gasteiger partial charge is 0.180 e. The Labute approximate surface area is 113 Å². The van der Waals surface area contributed by atoms with E-state index in [1.165, 1.54) is 12.1 Å². The van der Waals surface area contributed by atoms with Crippen LogP contribution in [0.3, 0.4) is 0 Å². The summed E-state index contributed by atoms with van der Waals surface area (Å²) in [6, 6.07) is 2.77. The Morgan fingerprint density at radius 1 is 1.16 bits per heavy atom. The SMILES string of the molecule is Cc1cc(O)c(C(=O)CN2CCN(C)CC2)cc1O. The van der Waals surface area contributed by atoms with Crippen LogP contribution in [0, 0.1) is 6.92 Å². The predicted octanol–water partition coefficient (Wildman–Crippen LogP) is 0.836. The highest BCUT2D eigenvalue weighted by molar-refractivity contribution is 6.00. The van der Waals surface area contributed by atoms with Gasteiger partial charge in [-0.15, -0.1) is 0 Å². The van der Waals surface area contributed by atoms with E-state index < -0.39 is 0 Å². The quantitative estimate of drug-likeness (QED) is 0.625. The number of rotatable bonds is 3. The first-order valence-electron chi connectivity index (χ1n) is 6.44. The number of nitrogens with zero attached hydrogens (tertiary/aromatic N) is 2. The lowest BCUT2D eigenvalue weighted by Gasteiger charge is -2.31. The summed E-state index contributed by atoms with van der Waals surface area (Å²) in [5.41, 5.74) is 0.760. The van der Waals surface area contributed by atoms with Gasteiger partial charge in [-0.25, -0.2) is 0 Å². The monoisotopic (exact) mass is 264 g/mol. The molecule has 0 unspecified atom stereocenters. The van der Waals surface area contributed by atoms with Crippen LogP contribution in [0.25, 0.3) is 0 Å². The van der Waals surface area contributed by atoms with Gasteiger partial charge in [0.2, 0.25) is 0 Å². The second-order valence-corrected chi connectivity index (χ2v) is 5.16. The molecule has 5 heteroatoms. The first-order valence-corrected chi connectivity index (χ1v) is 6.44. The topological polar surface area (TPSA) is 64.0 Å². The van der Waals surface area contributed by atoms with Crippen molar-refractivity contribution in [1.29, 1.82) is 0 Å². The van der Waals surface area contributed by atoms with Gasteiger partial charge in [-0.1, -0.05) is 0 Å². The second kappa shape index (κ2) is 5.59. The number of piperazine rings is 1. The van der Waals surface area contributed by atoms with Crippen LogP contribution in [0.15, 0.2) is 12.1 Å². The highest BCUT2D eigenvalue weighted by Crippen LogP contribution is 2.27. The van der Waals surface area contributed by atoms with Crippen LogP contribution >= 0.6 is 0 Å². The van der Waals surface area contributed by atoms with Crippen LogP contribution in [-0.2, 0) is 0 Å². The van der Waals surface area contributed by atoms with Crippen LogP contribution in [0.1, 0.15) is 15.9 Å². The fourth-order valence-electron chi connectivity index (χ4n) is 2.20. The molecule has 0 bridgehead atoms. The zero-order valence-electron chi connectivity index (χ0n) is 11.4. The van der Waals surface area contributed by atoms with E-state index in [2.05, 4.69) is 16.8 Å². The number of hydrogen-bond donors (Lipinski definition) is 2. The summed E-state index contributed by atoms with van der Waals surface area (Å²) >= 11 is 0. The van der Waals surface area contributed by atoms with Gasteiger partial charge in [0.1, 0.15) is 11.5 Å². The van der Waals surface area contributed by atoms with E-state index in [-0.39, 0.29) is 29.4 Å². The number of phenolic OH excluding ortho intramolecular Hbond substituents is 2. The normalized spacial score (nSPS) is 17.6. The molecule has 5 nitrogen and oxygen atoms in total. The van der Waals surface area contributed by atoms with Gasteiger partial charge in [-0.2, -0.15) is 0 Å². The molecule has 1 aliphatic rings. The Balaban J connectivity index is 2.06. The third-order valence-corrected chi connectivity index (χ3v) is 3.58. The van der Waals surface area contributed by atoms with Crippen molar-refractivity contribution in [3.8, 4) is 11.5 Å². The summed E-state index contributed by atoms with van der Waals surface area (Å²) in [6.07, 6.45) is 0. The van der Waals surface area contributed by atoms with Gasteiger partial charge in [-0.05, 0) is 31.7 Å². The van der Waals surface area contributed by atoms with Crippen molar-refractivity contribution in [3.63, 3.8) is 0 Å². The van der Waals surface area contributed by atoms with Crippen molar-refractivity contribution in [3.05, 3.63) is 23.3 Å². The van der Waals surface area contributed by atoms with Crippen molar-refractivity contribution < 1.29 is 15.0 Å². The number of aryl methyl sites for hydroxylation is 1. The number of hydrogen-bond acceptors (Lipinski definition) is 5. The Kier molecular flexibility index (Phi) is 4.07. The van der Waals surface area contributed by atoms with Gasteiger partial charge < -0.3 is 15.1 Å². The highest BCUT2D eigenvalue weighted by atomic mass is 16.3. The highest BCUT2D eigenvalue weighted by Gasteiger charge is 2.20. The van der Waals surface area contributed by atoms with Crippen molar-refractivity contribution in [2.75, 3.05) is 39.8 Å². The minimum atomic E-state index is -0.155. The Morgan fingerprint density at radius 2 is 1.79 bits per heavy atom. The van der Waals surface area contributed by atoms with E-state index in [4.69, 9.17) is 0 Å². The number of benzene rings is 1. The van der Waals surface area contributed by atoms with Crippen molar-refractivity contribution in [1.82, 2.24) is 9.80 Å². The molecule has 0 amide bonds. The van der Waals surface area contributed by atoms with E-state index in [9.17, 15) is 15.0 Å². The summed E-state index contributed by atoms with van der Waals surface area (Å²) < 4.78 is 0. The zero-order chi connectivity index (χ0) is 14.0. The fourth-order valence-corrected chi connectivity index (χ4v) is 2.20. The summed E-state index contributed by atoms with van der Waals surface area (Å²) in [5.74, 6) is -0.175. The molecular formula is C14H20N2O3. The maximum atomic E-state index is 12.2. The van der Waals surface area contributed by atoms with Crippen LogP contribution in [0.4, 0.5) is 0 Å². The van der Waals surface area contributed by atoms with E-state index in [1.54, 1.807) is 6.92 Å². The third kappa shape index (κ3) is 3.24. The molecule has 1 aromatic carbocycles. The van der Waals surface area contributed by atoms with E-state index in [0.717, 1.165) is 26.2 Å². The van der Waals surface area contributed by atoms with E-state index in [0.29, 0.717) is 5.56 Å². The minimum Gasteiger partial charge on any atom is -0.508 e. The summed E-state index contributed by atoms with van der Waals surface area (Å²) in [4.78, 5) is 16.4. The van der Waals surface area contributed by atoms with Crippen molar-refractivity contribution >= 4 is 5.78 Å². The van der Waals surface area contributed by atoms with Crippen LogP contribution in [0.5, 0.6) is 11.5 Å². The second-order valence-electron chi connectivity index (χ2n) is 5.16. The maximum absolute atomic E-state index is 12.2. The number of ketones is 1. The zero-order valence-corrected chi connectivity index (χ0v) is 11.4. The Morgan fingerprint density at radius 3 is 2.42 bits per heavy atom. The molecule has 0 atom stereocenters. The molecular weight excluding hydrogens is 244 g/mol. The van der Waals surface area contributed by atoms with E-state index >= 15 is 0 Å². The molecule has 2 N–H and O–H groups in total. The van der Waals surface area contributed by atoms with Gasteiger partial charge in [0, 0.05) is 26.2 Å². The number of aromatic hydroxyl groups is 2. The molecule has 1 saturated heterocycles. The lowest BCUT2D eigenvalue weighted by Crippen LogP contribution is -2.46. The van der Waals surface area contributed by atoms with Gasteiger partial charge in [-0.3, -0.25) is 9.69 Å². The summed E-state index contributed by atoms with van der Waals surface area (Å²) in [5, 5.41) is 19.4. The molecule has 0 aliphatic carbocycles. The first-order chi connectivity index (χ1) is 8.97. The first kappa shape index (κ1) is 13.8. The number of carbonyl (C=O) groups excluding carboxylic acids is 1. The van der Waals surface area contributed by atoms with Crippen LogP contribution in [0.2, 0.25) is 0 Å². The predicted molar refractivity (Wildman–Crippen MR) is 72.8 cm³/mol. The molecule has 0 spiro atoms. The van der Waals surface area contributed by atoms with Crippen LogP contribution < -0.4 is 0 Å². The third-order valence-electron chi connectivity index (χ3n) is 3.58. The van der Waals surface area contributed by atoms with E-state index in [1.807, 2.05) is 0 Å². The largest absolute Gasteiger partial charge is 0.508 e. The molecule has 0 saturated carbocycles. The van der Waals surface area contributed by atoms with Gasteiger partial charge in [0.25, 0.3) is 0 Å². The molecule has 19 heavy (non-hydrogen) atoms. The Hall–Kier alpha value is -1.59.